The SMILES string of the molecule is C=CCC1CCC(C2CCC(c3ccc(F)c(F)c3)CC2)CC1.CCF. The van der Waals surface area contributed by atoms with E-state index in [0.717, 1.165) is 36.2 Å². The number of allylic oxidation sites excluding steroid dienone is 1. The molecule has 0 aliphatic heterocycles. The number of hydrogen-bond acceptors (Lipinski definition) is 0. The molecular weight excluding hydrogens is 333 g/mol. The average molecular weight is 367 g/mol. The lowest BCUT2D eigenvalue weighted by Crippen LogP contribution is -2.25. The Bertz CT molecular complexity index is 538. The molecule has 0 aromatic heterocycles. The molecule has 1 aromatic carbocycles. The Kier molecular flexibility index (Phi) is 8.74. The molecule has 0 nitrogen and oxygen atoms in total. The number of rotatable bonds is 4. The summed E-state index contributed by atoms with van der Waals surface area (Å²) in [5.74, 6) is 1.58. The largest absolute Gasteiger partial charge is 0.251 e. The van der Waals surface area contributed by atoms with Crippen LogP contribution in [0.5, 0.6) is 0 Å². The molecule has 2 aliphatic rings. The smallest absolute Gasteiger partial charge is 0.159 e. The van der Waals surface area contributed by atoms with Crippen molar-refractivity contribution < 1.29 is 13.2 Å². The second-order valence-electron chi connectivity index (χ2n) is 7.86. The van der Waals surface area contributed by atoms with Gasteiger partial charge in [-0.2, -0.15) is 0 Å². The normalized spacial score (nSPS) is 28.8. The minimum Gasteiger partial charge on any atom is -0.251 e. The van der Waals surface area contributed by atoms with E-state index in [2.05, 4.69) is 12.7 Å². The van der Waals surface area contributed by atoms with E-state index in [9.17, 15) is 13.2 Å². The lowest BCUT2D eigenvalue weighted by molar-refractivity contribution is 0.160. The predicted octanol–water partition coefficient (Wildman–Crippen LogP) is 7.60. The first-order valence-corrected chi connectivity index (χ1v) is 10.2. The van der Waals surface area contributed by atoms with Crippen LogP contribution in [0, 0.1) is 29.4 Å². The van der Waals surface area contributed by atoms with Gasteiger partial charge < -0.3 is 0 Å². The van der Waals surface area contributed by atoms with Crippen LogP contribution >= 0.6 is 0 Å². The summed E-state index contributed by atoms with van der Waals surface area (Å²) in [5, 5.41) is 0. The van der Waals surface area contributed by atoms with Crippen LogP contribution in [-0.2, 0) is 0 Å². The number of hydrogen-bond donors (Lipinski definition) is 0. The van der Waals surface area contributed by atoms with E-state index in [4.69, 9.17) is 0 Å². The summed E-state index contributed by atoms with van der Waals surface area (Å²) in [6.45, 7) is 5.07. The molecule has 3 rings (SSSR count). The quantitative estimate of drug-likeness (QED) is 0.481. The van der Waals surface area contributed by atoms with Crippen molar-refractivity contribution in [1.29, 1.82) is 0 Å². The molecule has 2 fully saturated rings. The minimum absolute atomic E-state index is 0.250. The van der Waals surface area contributed by atoms with Crippen molar-refractivity contribution >= 4 is 0 Å². The summed E-state index contributed by atoms with van der Waals surface area (Å²) >= 11 is 0. The van der Waals surface area contributed by atoms with Crippen molar-refractivity contribution in [3.63, 3.8) is 0 Å². The van der Waals surface area contributed by atoms with Crippen LogP contribution in [0.2, 0.25) is 0 Å². The third-order valence-corrected chi connectivity index (χ3v) is 6.24. The van der Waals surface area contributed by atoms with Crippen LogP contribution in [0.3, 0.4) is 0 Å². The van der Waals surface area contributed by atoms with E-state index in [1.54, 1.807) is 6.07 Å². The van der Waals surface area contributed by atoms with Crippen molar-refractivity contribution in [2.24, 2.45) is 17.8 Å². The minimum atomic E-state index is -0.737. The van der Waals surface area contributed by atoms with Gasteiger partial charge in [0.25, 0.3) is 0 Å². The molecule has 1 aromatic rings. The Morgan fingerprint density at radius 3 is 1.96 bits per heavy atom. The molecule has 0 radical (unpaired) electrons. The van der Waals surface area contributed by atoms with Gasteiger partial charge in [0.15, 0.2) is 11.6 Å². The molecule has 0 amide bonds. The van der Waals surface area contributed by atoms with Gasteiger partial charge in [-0.25, -0.2) is 8.78 Å². The van der Waals surface area contributed by atoms with E-state index in [1.807, 2.05) is 0 Å². The Balaban J connectivity index is 0.000000758. The van der Waals surface area contributed by atoms with Crippen molar-refractivity contribution in [2.75, 3.05) is 6.67 Å². The highest BCUT2D eigenvalue weighted by Crippen LogP contribution is 2.44. The van der Waals surface area contributed by atoms with E-state index >= 15 is 0 Å². The second-order valence-corrected chi connectivity index (χ2v) is 7.86. The van der Waals surface area contributed by atoms with Gasteiger partial charge in [0.1, 0.15) is 0 Å². The van der Waals surface area contributed by atoms with Crippen LogP contribution in [0.4, 0.5) is 13.2 Å². The Hall–Kier alpha value is -1.25. The molecule has 2 aliphatic carbocycles. The van der Waals surface area contributed by atoms with E-state index in [0.29, 0.717) is 5.92 Å². The molecule has 0 unspecified atom stereocenters. The first-order chi connectivity index (χ1) is 12.6. The molecular formula is C23H33F3. The van der Waals surface area contributed by atoms with Gasteiger partial charge in [0.05, 0.1) is 6.67 Å². The topological polar surface area (TPSA) is 0 Å². The number of benzene rings is 1. The van der Waals surface area contributed by atoms with Gasteiger partial charge >= 0.3 is 0 Å². The molecule has 2 saturated carbocycles. The molecule has 3 heteroatoms. The maximum absolute atomic E-state index is 13.4. The third kappa shape index (κ3) is 5.89. The highest BCUT2D eigenvalue weighted by Gasteiger charge is 2.31. The van der Waals surface area contributed by atoms with Crippen LogP contribution in [-0.4, -0.2) is 6.67 Å². The maximum atomic E-state index is 13.4. The molecule has 0 heterocycles. The van der Waals surface area contributed by atoms with E-state index < -0.39 is 11.6 Å². The molecule has 26 heavy (non-hydrogen) atoms. The van der Waals surface area contributed by atoms with Gasteiger partial charge in [0.2, 0.25) is 0 Å². The van der Waals surface area contributed by atoms with Gasteiger partial charge in [-0.1, -0.05) is 12.1 Å². The molecule has 0 atom stereocenters. The van der Waals surface area contributed by atoms with Gasteiger partial charge in [-0.15, -0.1) is 6.58 Å². The molecule has 146 valence electrons. The summed E-state index contributed by atoms with van der Waals surface area (Å²) in [5.41, 5.74) is 0.983. The summed E-state index contributed by atoms with van der Waals surface area (Å²) in [6.07, 6.45) is 13.5. The third-order valence-electron chi connectivity index (χ3n) is 6.24. The zero-order valence-corrected chi connectivity index (χ0v) is 16.0. The second kappa shape index (κ2) is 10.8. The summed E-state index contributed by atoms with van der Waals surface area (Å²) in [4.78, 5) is 0. The average Bonchev–Trinajstić information content (AvgIpc) is 2.66. The Morgan fingerprint density at radius 2 is 1.46 bits per heavy atom. The van der Waals surface area contributed by atoms with Gasteiger partial charge in [0, 0.05) is 0 Å². The first kappa shape index (κ1) is 21.1. The molecule has 0 saturated heterocycles. The number of alkyl halides is 1. The van der Waals surface area contributed by atoms with E-state index in [-0.39, 0.29) is 6.67 Å². The van der Waals surface area contributed by atoms with E-state index in [1.165, 1.54) is 64.0 Å². The monoisotopic (exact) mass is 366 g/mol. The lowest BCUT2D eigenvalue weighted by atomic mass is 9.68. The van der Waals surface area contributed by atoms with Crippen molar-refractivity contribution in [3.05, 3.63) is 48.1 Å². The van der Waals surface area contributed by atoms with Crippen LogP contribution < -0.4 is 0 Å². The van der Waals surface area contributed by atoms with Crippen molar-refractivity contribution in [1.82, 2.24) is 0 Å². The molecule has 0 spiro atoms. The van der Waals surface area contributed by atoms with Gasteiger partial charge in [-0.3, -0.25) is 4.39 Å². The number of halogens is 3. The summed E-state index contributed by atoms with van der Waals surface area (Å²) < 4.78 is 36.8. The zero-order valence-electron chi connectivity index (χ0n) is 16.0. The highest BCUT2D eigenvalue weighted by atomic mass is 19.2. The Labute approximate surface area is 156 Å². The fourth-order valence-corrected chi connectivity index (χ4v) is 4.82. The molecule has 0 N–H and O–H groups in total. The molecule has 0 bridgehead atoms. The zero-order chi connectivity index (χ0) is 18.9. The predicted molar refractivity (Wildman–Crippen MR) is 103 cm³/mol. The van der Waals surface area contributed by atoms with Crippen molar-refractivity contribution in [2.45, 2.75) is 70.6 Å². The van der Waals surface area contributed by atoms with Gasteiger partial charge in [-0.05, 0) is 106 Å². The summed E-state index contributed by atoms with van der Waals surface area (Å²) in [7, 11) is 0. The van der Waals surface area contributed by atoms with Crippen LogP contribution in [0.1, 0.15) is 76.2 Å². The van der Waals surface area contributed by atoms with Crippen LogP contribution in [0.15, 0.2) is 30.9 Å². The fourth-order valence-electron chi connectivity index (χ4n) is 4.82. The fraction of sp³-hybridized carbons (Fsp3) is 0.652. The highest BCUT2D eigenvalue weighted by molar-refractivity contribution is 5.22. The standard InChI is InChI=1S/C21H28F2.C2H5F/c1-2-3-15-4-6-16(7-5-15)17-8-10-18(11-9-17)19-12-13-20(22)21(23)14-19;1-2-3/h2,12-18H,1,3-11H2;2H2,1H3. The summed E-state index contributed by atoms with van der Waals surface area (Å²) in [6, 6.07) is 4.45. The Morgan fingerprint density at radius 1 is 0.923 bits per heavy atom. The van der Waals surface area contributed by atoms with Crippen LogP contribution in [0.25, 0.3) is 0 Å². The lowest BCUT2D eigenvalue weighted by Gasteiger charge is -2.38. The van der Waals surface area contributed by atoms with Crippen molar-refractivity contribution in [3.8, 4) is 0 Å². The maximum Gasteiger partial charge on any atom is 0.159 e. The first-order valence-electron chi connectivity index (χ1n) is 10.2.